The number of rotatable bonds is 8. The van der Waals surface area contributed by atoms with Crippen LogP contribution in [0.15, 0.2) is 48.5 Å². The maximum atomic E-state index is 13.1. The van der Waals surface area contributed by atoms with Crippen LogP contribution in [-0.4, -0.2) is 65.4 Å². The minimum Gasteiger partial charge on any atom is -0.481 e. The molecule has 35 heavy (non-hydrogen) atoms. The van der Waals surface area contributed by atoms with Crippen molar-refractivity contribution in [3.63, 3.8) is 0 Å². The number of hydrogen-bond acceptors (Lipinski definition) is 5. The van der Waals surface area contributed by atoms with Crippen molar-refractivity contribution in [1.29, 1.82) is 0 Å². The van der Waals surface area contributed by atoms with E-state index in [4.69, 9.17) is 9.84 Å². The number of nitrogens with zero attached hydrogens (tertiary/aromatic N) is 1. The van der Waals surface area contributed by atoms with Crippen LogP contribution < -0.4 is 5.32 Å². The highest BCUT2D eigenvalue weighted by atomic mass is 16.5. The van der Waals surface area contributed by atoms with Crippen LogP contribution in [0.25, 0.3) is 11.1 Å². The molecule has 8 nitrogen and oxygen atoms in total. The maximum Gasteiger partial charge on any atom is 0.407 e. The minimum atomic E-state index is -1.04. The Morgan fingerprint density at radius 1 is 1.06 bits per heavy atom. The van der Waals surface area contributed by atoms with Crippen molar-refractivity contribution in [2.75, 3.05) is 26.3 Å². The highest BCUT2D eigenvalue weighted by molar-refractivity contribution is 5.86. The number of benzene rings is 2. The van der Waals surface area contributed by atoms with Gasteiger partial charge in [-0.2, -0.15) is 0 Å². The van der Waals surface area contributed by atoms with Crippen LogP contribution in [0.3, 0.4) is 0 Å². The van der Waals surface area contributed by atoms with Gasteiger partial charge in [0.05, 0.1) is 0 Å². The van der Waals surface area contributed by atoms with Crippen molar-refractivity contribution in [2.24, 2.45) is 5.41 Å². The molecule has 1 heterocycles. The number of aliphatic hydroxyl groups is 1. The average molecular weight is 481 g/mol. The number of aliphatic carboxylic acids is 1. The van der Waals surface area contributed by atoms with Crippen LogP contribution in [0.1, 0.15) is 49.7 Å². The Bertz CT molecular complexity index is 1050. The summed E-state index contributed by atoms with van der Waals surface area (Å²) in [4.78, 5) is 38.6. The van der Waals surface area contributed by atoms with Gasteiger partial charge in [0.15, 0.2) is 0 Å². The van der Waals surface area contributed by atoms with Crippen molar-refractivity contribution in [3.8, 4) is 11.1 Å². The van der Waals surface area contributed by atoms with Gasteiger partial charge in [-0.15, -0.1) is 0 Å². The van der Waals surface area contributed by atoms with Gasteiger partial charge in [0.25, 0.3) is 0 Å². The summed E-state index contributed by atoms with van der Waals surface area (Å²) < 4.78 is 5.56. The lowest BCUT2D eigenvalue weighted by Gasteiger charge is -2.39. The van der Waals surface area contributed by atoms with Crippen LogP contribution in [-0.2, 0) is 14.3 Å². The predicted octanol–water partition coefficient (Wildman–Crippen LogP) is 3.38. The monoisotopic (exact) mass is 480 g/mol. The molecule has 0 spiro atoms. The van der Waals surface area contributed by atoms with E-state index in [1.165, 1.54) is 0 Å². The Kier molecular flexibility index (Phi) is 7.40. The molecule has 2 aliphatic rings. The number of aliphatic hydroxyl groups excluding tert-OH is 1. The van der Waals surface area contributed by atoms with Gasteiger partial charge in [0.1, 0.15) is 12.6 Å². The first-order chi connectivity index (χ1) is 16.8. The molecule has 2 amide bonds. The molecule has 8 heteroatoms. The lowest BCUT2D eigenvalue weighted by Crippen LogP contribution is -2.52. The summed E-state index contributed by atoms with van der Waals surface area (Å²) in [6, 6.07) is 15.0. The minimum absolute atomic E-state index is 0.0217. The lowest BCUT2D eigenvalue weighted by atomic mass is 9.81. The smallest absolute Gasteiger partial charge is 0.407 e. The number of piperidine rings is 1. The number of alkyl carbamates (subject to hydrolysis) is 1. The fraction of sp³-hybridized carbons (Fsp3) is 0.444. The summed E-state index contributed by atoms with van der Waals surface area (Å²) in [5.74, 6) is -1.47. The summed E-state index contributed by atoms with van der Waals surface area (Å²) in [5.41, 5.74) is 4.17. The predicted molar refractivity (Wildman–Crippen MR) is 130 cm³/mol. The third-order valence-electron chi connectivity index (χ3n) is 7.24. The zero-order valence-corrected chi connectivity index (χ0v) is 19.9. The Morgan fingerprint density at radius 3 is 2.17 bits per heavy atom. The van der Waals surface area contributed by atoms with Crippen LogP contribution in [0.2, 0.25) is 0 Å². The molecular weight excluding hydrogens is 448 g/mol. The van der Waals surface area contributed by atoms with Crippen LogP contribution >= 0.6 is 0 Å². The second-order valence-corrected chi connectivity index (χ2v) is 9.75. The molecule has 3 N–H and O–H groups in total. The zero-order chi connectivity index (χ0) is 25.0. The molecule has 1 aliphatic heterocycles. The molecule has 4 rings (SSSR count). The standard InChI is InChI=1S/C27H32N2O6/c1-27(17-30)12-14-29(15-13-27)25(33)23(10-11-24(31)32)28-26(34)35-16-22-20-8-4-2-6-18(20)19-7-3-5-9-21(19)22/h2-9,22-23,30H,10-17H2,1H3,(H,28,34)(H,31,32). The van der Waals surface area contributed by atoms with Gasteiger partial charge in [-0.3, -0.25) is 9.59 Å². The fourth-order valence-corrected chi connectivity index (χ4v) is 4.95. The first-order valence-corrected chi connectivity index (χ1v) is 12.0. The van der Waals surface area contributed by atoms with E-state index in [-0.39, 0.29) is 43.3 Å². The second-order valence-electron chi connectivity index (χ2n) is 9.75. The molecule has 0 bridgehead atoms. The lowest BCUT2D eigenvalue weighted by molar-refractivity contribution is -0.138. The Hall–Kier alpha value is -3.39. The molecule has 1 fully saturated rings. The molecule has 1 saturated heterocycles. The van der Waals surface area contributed by atoms with E-state index in [9.17, 15) is 19.5 Å². The number of carbonyl (C=O) groups is 3. The van der Waals surface area contributed by atoms with Crippen molar-refractivity contribution < 1.29 is 29.3 Å². The van der Waals surface area contributed by atoms with E-state index in [0.717, 1.165) is 22.3 Å². The highest BCUT2D eigenvalue weighted by Gasteiger charge is 2.35. The summed E-state index contributed by atoms with van der Waals surface area (Å²) >= 11 is 0. The normalized spacial score (nSPS) is 17.3. The zero-order valence-electron chi connectivity index (χ0n) is 19.9. The van der Waals surface area contributed by atoms with Crippen LogP contribution in [0, 0.1) is 5.41 Å². The van der Waals surface area contributed by atoms with Crippen molar-refractivity contribution in [1.82, 2.24) is 10.2 Å². The van der Waals surface area contributed by atoms with E-state index < -0.39 is 18.1 Å². The third-order valence-corrected chi connectivity index (χ3v) is 7.24. The Balaban J connectivity index is 1.40. The molecular formula is C27H32N2O6. The van der Waals surface area contributed by atoms with Gasteiger partial charge < -0.3 is 25.2 Å². The van der Waals surface area contributed by atoms with E-state index >= 15 is 0 Å². The Labute approximate surface area is 204 Å². The topological polar surface area (TPSA) is 116 Å². The number of ether oxygens (including phenoxy) is 1. The van der Waals surface area contributed by atoms with Gasteiger partial charge in [-0.25, -0.2) is 4.79 Å². The van der Waals surface area contributed by atoms with Crippen molar-refractivity contribution >= 4 is 18.0 Å². The van der Waals surface area contributed by atoms with Crippen LogP contribution in [0.5, 0.6) is 0 Å². The van der Waals surface area contributed by atoms with Gasteiger partial charge in [-0.05, 0) is 46.9 Å². The van der Waals surface area contributed by atoms with E-state index in [2.05, 4.69) is 17.4 Å². The fourth-order valence-electron chi connectivity index (χ4n) is 4.95. The summed E-state index contributed by atoms with van der Waals surface area (Å²) in [6.45, 7) is 3.04. The van der Waals surface area contributed by atoms with E-state index in [1.807, 2.05) is 43.3 Å². The number of carboxylic acids is 1. The molecule has 186 valence electrons. The summed E-state index contributed by atoms with van der Waals surface area (Å²) in [6.07, 6.45) is 0.277. The summed E-state index contributed by atoms with van der Waals surface area (Å²) in [7, 11) is 0. The van der Waals surface area contributed by atoms with Gasteiger partial charge in [0, 0.05) is 32.0 Å². The maximum absolute atomic E-state index is 13.1. The number of hydrogen-bond donors (Lipinski definition) is 3. The van der Waals surface area contributed by atoms with Gasteiger partial charge in [0.2, 0.25) is 5.91 Å². The number of nitrogens with one attached hydrogen (secondary N) is 1. The van der Waals surface area contributed by atoms with Crippen molar-refractivity contribution in [2.45, 2.75) is 44.6 Å². The number of carbonyl (C=O) groups excluding carboxylic acids is 2. The number of fused-ring (bicyclic) bond motifs is 3. The highest BCUT2D eigenvalue weighted by Crippen LogP contribution is 2.44. The van der Waals surface area contributed by atoms with E-state index in [1.54, 1.807) is 4.90 Å². The van der Waals surface area contributed by atoms with Crippen molar-refractivity contribution in [3.05, 3.63) is 59.7 Å². The van der Waals surface area contributed by atoms with E-state index in [0.29, 0.717) is 25.9 Å². The molecule has 0 aromatic heterocycles. The molecule has 2 aromatic carbocycles. The summed E-state index contributed by atoms with van der Waals surface area (Å²) in [5, 5.41) is 21.3. The Morgan fingerprint density at radius 2 is 1.63 bits per heavy atom. The van der Waals surface area contributed by atoms with Gasteiger partial charge >= 0.3 is 12.1 Å². The molecule has 0 saturated carbocycles. The first kappa shape index (κ1) is 24.7. The number of likely N-dealkylation sites (tertiary alicyclic amines) is 1. The third kappa shape index (κ3) is 5.48. The first-order valence-electron chi connectivity index (χ1n) is 12.0. The number of carboxylic acid groups (broad SMARTS) is 1. The quantitative estimate of drug-likeness (QED) is 0.533. The number of amides is 2. The molecule has 1 atom stereocenters. The van der Waals surface area contributed by atoms with Gasteiger partial charge in [-0.1, -0.05) is 55.5 Å². The molecule has 2 aromatic rings. The molecule has 0 radical (unpaired) electrons. The molecule has 1 unspecified atom stereocenters. The second kappa shape index (κ2) is 10.5. The average Bonchev–Trinajstić information content (AvgIpc) is 3.19. The van der Waals surface area contributed by atoms with Crippen LogP contribution in [0.4, 0.5) is 4.79 Å². The largest absolute Gasteiger partial charge is 0.481 e. The molecule has 1 aliphatic carbocycles. The SMILES string of the molecule is CC1(CO)CCN(C(=O)C(CCC(=O)O)NC(=O)OCC2c3ccccc3-c3ccccc32)CC1.